The lowest BCUT2D eigenvalue weighted by atomic mass is 9.99. The van der Waals surface area contributed by atoms with Crippen LogP contribution in [0, 0.1) is 0 Å². The molecule has 16 heavy (non-hydrogen) atoms. The maximum Gasteiger partial charge on any atom is 0.162 e. The summed E-state index contributed by atoms with van der Waals surface area (Å²) in [5.41, 5.74) is 1.19. The average Bonchev–Trinajstić information content (AvgIpc) is 2.15. The van der Waals surface area contributed by atoms with Gasteiger partial charge in [0.05, 0.1) is 11.7 Å². The van der Waals surface area contributed by atoms with Crippen molar-refractivity contribution in [3.63, 3.8) is 0 Å². The number of rotatable bonds is 2. The third-order valence-electron chi connectivity index (χ3n) is 2.86. The van der Waals surface area contributed by atoms with Crippen LogP contribution in [0.5, 0.6) is 0 Å². The molecule has 1 heterocycles. The van der Waals surface area contributed by atoms with Crippen molar-refractivity contribution >= 4 is 0 Å². The van der Waals surface area contributed by atoms with Crippen molar-refractivity contribution in [2.45, 2.75) is 51.6 Å². The van der Waals surface area contributed by atoms with Gasteiger partial charge in [-0.25, -0.2) is 0 Å². The summed E-state index contributed by atoms with van der Waals surface area (Å²) in [6, 6.07) is 10.3. The molecule has 1 aromatic carbocycles. The smallest absolute Gasteiger partial charge is 0.162 e. The molecule has 1 fully saturated rings. The van der Waals surface area contributed by atoms with Crippen LogP contribution in [-0.2, 0) is 15.9 Å². The van der Waals surface area contributed by atoms with Gasteiger partial charge in [0, 0.05) is 12.8 Å². The van der Waals surface area contributed by atoms with E-state index in [1.54, 1.807) is 0 Å². The molecule has 1 aromatic rings. The molecule has 0 radical (unpaired) electrons. The molecule has 0 aromatic heterocycles. The van der Waals surface area contributed by atoms with Gasteiger partial charge in [-0.2, -0.15) is 0 Å². The Labute approximate surface area is 97.6 Å². The quantitative estimate of drug-likeness (QED) is 0.762. The standard InChI is InChI=1S/C14H20O2/c1-11-10-14(2,3)16-13(15-11)9-12-7-5-4-6-8-12/h4-8,11,13H,9-10H2,1-3H3/t11-,13-/m1/s1. The Morgan fingerprint density at radius 2 is 1.94 bits per heavy atom. The molecule has 2 nitrogen and oxygen atoms in total. The molecule has 0 aliphatic carbocycles. The number of ether oxygens (including phenoxy) is 2. The number of hydrogen-bond acceptors (Lipinski definition) is 2. The van der Waals surface area contributed by atoms with E-state index in [0.29, 0.717) is 0 Å². The average molecular weight is 220 g/mol. The third kappa shape index (κ3) is 3.06. The van der Waals surface area contributed by atoms with Gasteiger partial charge in [0.1, 0.15) is 0 Å². The van der Waals surface area contributed by atoms with E-state index in [9.17, 15) is 0 Å². The van der Waals surface area contributed by atoms with E-state index in [-0.39, 0.29) is 18.0 Å². The van der Waals surface area contributed by atoms with Crippen LogP contribution < -0.4 is 0 Å². The molecule has 2 atom stereocenters. The van der Waals surface area contributed by atoms with Crippen LogP contribution in [0.3, 0.4) is 0 Å². The van der Waals surface area contributed by atoms with Gasteiger partial charge in [-0.15, -0.1) is 0 Å². The summed E-state index contributed by atoms with van der Waals surface area (Å²) in [7, 11) is 0. The van der Waals surface area contributed by atoms with Crippen molar-refractivity contribution in [3.8, 4) is 0 Å². The zero-order valence-electron chi connectivity index (χ0n) is 10.3. The summed E-state index contributed by atoms with van der Waals surface area (Å²) in [5.74, 6) is 0. The first-order valence-electron chi connectivity index (χ1n) is 5.92. The second kappa shape index (κ2) is 4.56. The maximum absolute atomic E-state index is 5.93. The Morgan fingerprint density at radius 3 is 2.56 bits per heavy atom. The van der Waals surface area contributed by atoms with Crippen molar-refractivity contribution < 1.29 is 9.47 Å². The van der Waals surface area contributed by atoms with Gasteiger partial charge >= 0.3 is 0 Å². The highest BCUT2D eigenvalue weighted by atomic mass is 16.7. The van der Waals surface area contributed by atoms with Gasteiger partial charge in [-0.05, 0) is 26.3 Å². The Morgan fingerprint density at radius 1 is 1.25 bits per heavy atom. The Balaban J connectivity index is 2.00. The molecule has 1 saturated heterocycles. The Kier molecular flexibility index (Phi) is 3.31. The highest BCUT2D eigenvalue weighted by Crippen LogP contribution is 2.28. The molecular weight excluding hydrogens is 200 g/mol. The summed E-state index contributed by atoms with van der Waals surface area (Å²) in [5, 5.41) is 0. The monoisotopic (exact) mass is 220 g/mol. The van der Waals surface area contributed by atoms with Crippen LogP contribution >= 0.6 is 0 Å². The molecule has 0 bridgehead atoms. The SMILES string of the molecule is C[C@@H]1CC(C)(C)O[C@H](Cc2ccccc2)O1. The van der Waals surface area contributed by atoms with E-state index in [2.05, 4.69) is 32.9 Å². The molecule has 2 rings (SSSR count). The van der Waals surface area contributed by atoms with Crippen molar-refractivity contribution in [2.75, 3.05) is 0 Å². The topological polar surface area (TPSA) is 18.5 Å². The van der Waals surface area contributed by atoms with E-state index >= 15 is 0 Å². The largest absolute Gasteiger partial charge is 0.349 e. The minimum Gasteiger partial charge on any atom is -0.349 e. The zero-order valence-corrected chi connectivity index (χ0v) is 10.3. The number of benzene rings is 1. The molecule has 0 saturated carbocycles. The Hall–Kier alpha value is -0.860. The second-order valence-electron chi connectivity index (χ2n) is 5.15. The fourth-order valence-electron chi connectivity index (χ4n) is 2.33. The highest BCUT2D eigenvalue weighted by molar-refractivity contribution is 5.15. The maximum atomic E-state index is 5.93. The van der Waals surface area contributed by atoms with E-state index in [1.807, 2.05) is 18.2 Å². The van der Waals surface area contributed by atoms with Crippen LogP contribution in [0.15, 0.2) is 30.3 Å². The van der Waals surface area contributed by atoms with Gasteiger partial charge in [0.25, 0.3) is 0 Å². The molecule has 0 spiro atoms. The molecule has 88 valence electrons. The first-order valence-corrected chi connectivity index (χ1v) is 5.92. The van der Waals surface area contributed by atoms with Gasteiger partial charge in [0.15, 0.2) is 6.29 Å². The Bertz CT molecular complexity index is 332. The second-order valence-corrected chi connectivity index (χ2v) is 5.15. The van der Waals surface area contributed by atoms with E-state index in [1.165, 1.54) is 5.56 Å². The molecule has 2 heteroatoms. The van der Waals surface area contributed by atoms with Gasteiger partial charge < -0.3 is 9.47 Å². The van der Waals surface area contributed by atoms with E-state index in [4.69, 9.17) is 9.47 Å². The van der Waals surface area contributed by atoms with Crippen LogP contribution in [0.2, 0.25) is 0 Å². The van der Waals surface area contributed by atoms with Gasteiger partial charge in [-0.1, -0.05) is 30.3 Å². The van der Waals surface area contributed by atoms with Crippen molar-refractivity contribution in [2.24, 2.45) is 0 Å². The minimum atomic E-state index is -0.110. The summed E-state index contributed by atoms with van der Waals surface area (Å²) in [4.78, 5) is 0. The molecule has 0 N–H and O–H groups in total. The third-order valence-corrected chi connectivity index (χ3v) is 2.86. The summed E-state index contributed by atoms with van der Waals surface area (Å²) >= 11 is 0. The van der Waals surface area contributed by atoms with Gasteiger partial charge in [-0.3, -0.25) is 0 Å². The first-order chi connectivity index (χ1) is 7.55. The summed E-state index contributed by atoms with van der Waals surface area (Å²) in [6.07, 6.45) is 1.95. The van der Waals surface area contributed by atoms with E-state index < -0.39 is 0 Å². The fraction of sp³-hybridized carbons (Fsp3) is 0.571. The van der Waals surface area contributed by atoms with Crippen LogP contribution in [0.25, 0.3) is 0 Å². The van der Waals surface area contributed by atoms with Crippen LogP contribution in [0.4, 0.5) is 0 Å². The predicted molar refractivity (Wildman–Crippen MR) is 64.3 cm³/mol. The minimum absolute atomic E-state index is 0.0723. The molecule has 0 unspecified atom stereocenters. The summed E-state index contributed by atoms with van der Waals surface area (Å²) in [6.45, 7) is 6.37. The van der Waals surface area contributed by atoms with Gasteiger partial charge in [0.2, 0.25) is 0 Å². The lowest BCUT2D eigenvalue weighted by Crippen LogP contribution is -2.43. The lowest BCUT2D eigenvalue weighted by molar-refractivity contribution is -0.267. The zero-order chi connectivity index (χ0) is 11.6. The van der Waals surface area contributed by atoms with Crippen molar-refractivity contribution in [1.29, 1.82) is 0 Å². The molecular formula is C14H20O2. The highest BCUT2D eigenvalue weighted by Gasteiger charge is 2.33. The first kappa shape index (κ1) is 11.6. The van der Waals surface area contributed by atoms with Crippen LogP contribution in [0.1, 0.15) is 32.8 Å². The molecule has 0 amide bonds. The predicted octanol–water partition coefficient (Wildman–Crippen LogP) is 3.16. The molecule has 1 aliphatic heterocycles. The normalized spacial score (nSPS) is 28.9. The van der Waals surface area contributed by atoms with Crippen molar-refractivity contribution in [1.82, 2.24) is 0 Å². The molecule has 1 aliphatic rings. The van der Waals surface area contributed by atoms with Crippen molar-refractivity contribution in [3.05, 3.63) is 35.9 Å². The van der Waals surface area contributed by atoms with E-state index in [0.717, 1.165) is 12.8 Å². The fourth-order valence-corrected chi connectivity index (χ4v) is 2.33. The lowest BCUT2D eigenvalue weighted by Gasteiger charge is -2.39. The number of hydrogen-bond donors (Lipinski definition) is 0. The summed E-state index contributed by atoms with van der Waals surface area (Å²) < 4.78 is 11.7. The van der Waals surface area contributed by atoms with Crippen LogP contribution in [-0.4, -0.2) is 18.0 Å².